The number of rotatable bonds is 53. The van der Waals surface area contributed by atoms with Crippen molar-refractivity contribution in [2.75, 3.05) is 13.2 Å². The second-order valence-corrected chi connectivity index (χ2v) is 22.1. The fourth-order valence-electron chi connectivity index (χ4n) is 9.18. The third kappa shape index (κ3) is 53.4. The van der Waals surface area contributed by atoms with Gasteiger partial charge in [-0.3, -0.25) is 14.4 Å². The molecule has 0 unspecified atom stereocenters. The van der Waals surface area contributed by atoms with Crippen LogP contribution in [0.2, 0.25) is 0 Å². The van der Waals surface area contributed by atoms with Crippen molar-refractivity contribution in [3.63, 3.8) is 0 Å². The first-order chi connectivity index (χ1) is 32.1. The summed E-state index contributed by atoms with van der Waals surface area (Å²) >= 11 is 0. The van der Waals surface area contributed by atoms with Crippen molar-refractivity contribution in [3.05, 3.63) is 0 Å². The molecule has 66 heavy (non-hydrogen) atoms. The maximum atomic E-state index is 12.8. The van der Waals surface area contributed by atoms with E-state index in [4.69, 9.17) is 14.2 Å². The second-order valence-electron chi connectivity index (χ2n) is 22.1. The van der Waals surface area contributed by atoms with Crippen LogP contribution in [-0.4, -0.2) is 37.2 Å². The topological polar surface area (TPSA) is 78.9 Å². The quantitative estimate of drug-likeness (QED) is 0.0343. The van der Waals surface area contributed by atoms with Crippen molar-refractivity contribution in [2.24, 2.45) is 17.8 Å². The van der Waals surface area contributed by atoms with Gasteiger partial charge in [-0.05, 0) is 37.0 Å². The number of esters is 3. The fourth-order valence-corrected chi connectivity index (χ4v) is 9.18. The summed E-state index contributed by atoms with van der Waals surface area (Å²) in [7, 11) is 0. The molecule has 0 aromatic heterocycles. The Labute approximate surface area is 412 Å². The van der Waals surface area contributed by atoms with E-state index in [1.54, 1.807) is 0 Å². The summed E-state index contributed by atoms with van der Waals surface area (Å²) in [4.78, 5) is 38.1. The average Bonchev–Trinajstić information content (AvgIpc) is 3.28. The maximum Gasteiger partial charge on any atom is 0.306 e. The molecule has 0 fully saturated rings. The molecule has 0 N–H and O–H groups in total. The molecule has 0 amide bonds. The van der Waals surface area contributed by atoms with Crippen molar-refractivity contribution < 1.29 is 28.6 Å². The van der Waals surface area contributed by atoms with Crippen LogP contribution in [0.3, 0.4) is 0 Å². The Hall–Kier alpha value is -1.59. The SMILES string of the molecule is CC(C)CCCCCCCCCCCCCCCCCCCCC(=O)OC[C@H](COC(=O)CCCCCCCCCCCCC(C)C)OC(=O)CCCCCCCCCCCCCC(C)C. The molecule has 0 heterocycles. The van der Waals surface area contributed by atoms with Crippen molar-refractivity contribution in [2.45, 2.75) is 337 Å². The molecule has 0 aliphatic rings. The third-order valence-corrected chi connectivity index (χ3v) is 13.6. The zero-order valence-electron chi connectivity index (χ0n) is 45.5. The summed E-state index contributed by atoms with van der Waals surface area (Å²) < 4.78 is 16.9. The van der Waals surface area contributed by atoms with E-state index in [1.807, 2.05) is 0 Å². The van der Waals surface area contributed by atoms with Gasteiger partial charge in [0, 0.05) is 19.3 Å². The van der Waals surface area contributed by atoms with Crippen LogP contribution in [0.25, 0.3) is 0 Å². The van der Waals surface area contributed by atoms with Gasteiger partial charge >= 0.3 is 17.9 Å². The lowest BCUT2D eigenvalue weighted by Gasteiger charge is -2.18. The van der Waals surface area contributed by atoms with Gasteiger partial charge < -0.3 is 14.2 Å². The van der Waals surface area contributed by atoms with Crippen molar-refractivity contribution >= 4 is 17.9 Å². The van der Waals surface area contributed by atoms with Gasteiger partial charge in [0.25, 0.3) is 0 Å². The molecule has 0 aromatic rings. The smallest absolute Gasteiger partial charge is 0.306 e. The zero-order chi connectivity index (χ0) is 48.4. The van der Waals surface area contributed by atoms with Gasteiger partial charge in [0.15, 0.2) is 6.10 Å². The van der Waals surface area contributed by atoms with Gasteiger partial charge in [-0.25, -0.2) is 0 Å². The molecule has 0 bridgehead atoms. The van der Waals surface area contributed by atoms with E-state index in [2.05, 4.69) is 41.5 Å². The summed E-state index contributed by atoms with van der Waals surface area (Å²) in [6, 6.07) is 0. The minimum absolute atomic E-state index is 0.0635. The summed E-state index contributed by atoms with van der Waals surface area (Å²) in [5.74, 6) is 1.66. The first-order valence-corrected chi connectivity index (χ1v) is 29.6. The Balaban J connectivity index is 4.24. The maximum absolute atomic E-state index is 12.8. The Bertz CT molecular complexity index is 1020. The van der Waals surface area contributed by atoms with E-state index in [-0.39, 0.29) is 31.1 Å². The van der Waals surface area contributed by atoms with E-state index in [0.29, 0.717) is 19.3 Å². The summed E-state index contributed by atoms with van der Waals surface area (Å²) in [5.41, 5.74) is 0. The predicted octanol–water partition coefficient (Wildman–Crippen LogP) is 19.5. The normalized spacial score (nSPS) is 12.1. The molecular formula is C60H116O6. The number of unbranched alkanes of at least 4 members (excludes halogenated alkanes) is 36. The minimum atomic E-state index is -0.764. The molecule has 392 valence electrons. The minimum Gasteiger partial charge on any atom is -0.462 e. The van der Waals surface area contributed by atoms with Gasteiger partial charge in [-0.2, -0.15) is 0 Å². The van der Waals surface area contributed by atoms with Gasteiger partial charge in [-0.1, -0.05) is 292 Å². The summed E-state index contributed by atoms with van der Waals surface area (Å²) in [6.45, 7) is 13.8. The van der Waals surface area contributed by atoms with Crippen LogP contribution in [0.15, 0.2) is 0 Å². The van der Waals surface area contributed by atoms with Crippen LogP contribution in [0.1, 0.15) is 330 Å². The van der Waals surface area contributed by atoms with E-state index in [9.17, 15) is 14.4 Å². The zero-order valence-corrected chi connectivity index (χ0v) is 45.5. The van der Waals surface area contributed by atoms with E-state index < -0.39 is 6.10 Å². The molecule has 6 heteroatoms. The Kier molecular flexibility index (Phi) is 50.0. The second kappa shape index (κ2) is 51.3. The number of hydrogen-bond acceptors (Lipinski definition) is 6. The molecule has 6 nitrogen and oxygen atoms in total. The van der Waals surface area contributed by atoms with Crippen LogP contribution in [0.4, 0.5) is 0 Å². The van der Waals surface area contributed by atoms with Crippen molar-refractivity contribution in [1.82, 2.24) is 0 Å². The molecule has 0 aliphatic heterocycles. The van der Waals surface area contributed by atoms with Crippen molar-refractivity contribution in [1.29, 1.82) is 0 Å². The molecule has 1 atom stereocenters. The van der Waals surface area contributed by atoms with E-state index in [0.717, 1.165) is 75.5 Å². The monoisotopic (exact) mass is 933 g/mol. The number of hydrogen-bond donors (Lipinski definition) is 0. The van der Waals surface area contributed by atoms with E-state index in [1.165, 1.54) is 212 Å². The molecule has 0 radical (unpaired) electrons. The van der Waals surface area contributed by atoms with Crippen molar-refractivity contribution in [3.8, 4) is 0 Å². The van der Waals surface area contributed by atoms with Gasteiger partial charge in [-0.15, -0.1) is 0 Å². The molecule has 0 saturated heterocycles. The largest absolute Gasteiger partial charge is 0.462 e. The Morgan fingerprint density at radius 1 is 0.258 bits per heavy atom. The van der Waals surface area contributed by atoms with Crippen LogP contribution in [0, 0.1) is 17.8 Å². The van der Waals surface area contributed by atoms with Gasteiger partial charge in [0.1, 0.15) is 13.2 Å². The molecule has 0 aromatic carbocycles. The number of carbonyl (C=O) groups excluding carboxylic acids is 3. The molecule has 0 rings (SSSR count). The first kappa shape index (κ1) is 64.4. The van der Waals surface area contributed by atoms with Crippen LogP contribution in [-0.2, 0) is 28.6 Å². The van der Waals surface area contributed by atoms with Gasteiger partial charge in [0.2, 0.25) is 0 Å². The fraction of sp³-hybridized carbons (Fsp3) is 0.950. The highest BCUT2D eigenvalue weighted by Gasteiger charge is 2.19. The highest BCUT2D eigenvalue weighted by molar-refractivity contribution is 5.71. The summed E-state index contributed by atoms with van der Waals surface area (Å²) in [6.07, 6.45) is 53.9. The summed E-state index contributed by atoms with van der Waals surface area (Å²) in [5, 5.41) is 0. The Morgan fingerprint density at radius 3 is 0.652 bits per heavy atom. The van der Waals surface area contributed by atoms with Crippen LogP contribution < -0.4 is 0 Å². The standard InChI is InChI=1S/C60H116O6/c1-54(2)46-40-34-28-22-16-13-11-9-7-8-10-12-14-18-25-31-37-43-49-58(61)64-52-57(53-65-59(62)50-44-38-32-26-21-20-24-30-36-42-48-56(5)6)66-60(63)51-45-39-33-27-19-15-17-23-29-35-41-47-55(3)4/h54-57H,7-53H2,1-6H3/t57-/m1/s1. The predicted molar refractivity (Wildman–Crippen MR) is 284 cm³/mol. The van der Waals surface area contributed by atoms with Crippen LogP contribution in [0.5, 0.6) is 0 Å². The highest BCUT2D eigenvalue weighted by Crippen LogP contribution is 2.19. The van der Waals surface area contributed by atoms with Gasteiger partial charge in [0.05, 0.1) is 0 Å². The Morgan fingerprint density at radius 2 is 0.439 bits per heavy atom. The molecule has 0 aliphatic carbocycles. The number of carbonyl (C=O) groups is 3. The van der Waals surface area contributed by atoms with Crippen LogP contribution >= 0.6 is 0 Å². The highest BCUT2D eigenvalue weighted by atomic mass is 16.6. The molecule has 0 saturated carbocycles. The number of ether oxygens (including phenoxy) is 3. The molecular weight excluding hydrogens is 817 g/mol. The lowest BCUT2D eigenvalue weighted by Crippen LogP contribution is -2.30. The lowest BCUT2D eigenvalue weighted by molar-refractivity contribution is -0.167. The third-order valence-electron chi connectivity index (χ3n) is 13.6. The lowest BCUT2D eigenvalue weighted by atomic mass is 10.0. The van der Waals surface area contributed by atoms with E-state index >= 15 is 0 Å². The average molecular weight is 934 g/mol. The molecule has 0 spiro atoms. The first-order valence-electron chi connectivity index (χ1n) is 29.6.